The van der Waals surface area contributed by atoms with E-state index in [1.54, 1.807) is 0 Å². The highest BCUT2D eigenvalue weighted by atomic mass is 127. The van der Waals surface area contributed by atoms with Crippen LogP contribution in [0.5, 0.6) is 0 Å². The van der Waals surface area contributed by atoms with Crippen molar-refractivity contribution in [2.24, 2.45) is 0 Å². The average Bonchev–Trinajstić information content (AvgIpc) is 2.59. The summed E-state index contributed by atoms with van der Waals surface area (Å²) in [6, 6.07) is 20.2. The lowest BCUT2D eigenvalue weighted by atomic mass is 10.1. The summed E-state index contributed by atoms with van der Waals surface area (Å²) in [5.41, 5.74) is 1.51. The van der Waals surface area contributed by atoms with Crippen LogP contribution in [0.4, 0.5) is 17.3 Å². The second-order valence-electron chi connectivity index (χ2n) is 6.03. The smallest absolute Gasteiger partial charge is 0.418 e. The molecule has 0 radical (unpaired) electrons. The van der Waals surface area contributed by atoms with Gasteiger partial charge in [-0.25, -0.2) is 0 Å². The Morgan fingerprint density at radius 2 is 1.19 bits per heavy atom. The molecule has 0 spiro atoms. The molecule has 0 N–H and O–H groups in total. The van der Waals surface area contributed by atoms with Gasteiger partial charge in [0.25, 0.3) is 0 Å². The summed E-state index contributed by atoms with van der Waals surface area (Å²) in [6.07, 6.45) is 9.54. The van der Waals surface area contributed by atoms with Gasteiger partial charge in [-0.05, 0) is 42.7 Å². The van der Waals surface area contributed by atoms with Crippen LogP contribution in [0.15, 0.2) is 54.6 Å². The van der Waals surface area contributed by atoms with Gasteiger partial charge in [-0.15, -0.1) is 0 Å². The van der Waals surface area contributed by atoms with Crippen molar-refractivity contribution >= 4 is 7.25 Å². The Labute approximate surface area is 164 Å². The van der Waals surface area contributed by atoms with E-state index in [0.717, 1.165) is 0 Å². The van der Waals surface area contributed by atoms with Crippen LogP contribution in [0.25, 0.3) is 0 Å². The number of hydrogen-bond acceptors (Lipinski definition) is 0. The molecule has 0 nitrogen and oxygen atoms in total. The van der Waals surface area contributed by atoms with Crippen LogP contribution < -0.4 is 21.2 Å². The van der Waals surface area contributed by atoms with Gasteiger partial charge in [-0.2, -0.15) is 0 Å². The van der Waals surface area contributed by atoms with E-state index in [-0.39, 0.29) is 21.2 Å². The van der Waals surface area contributed by atoms with E-state index < -0.39 is 7.25 Å². The first-order chi connectivity index (χ1) is 12.4. The molecular weight excluding hydrogens is 454 g/mol. The van der Waals surface area contributed by atoms with E-state index in [1.807, 2.05) is 0 Å². The third-order valence-corrected chi connectivity index (χ3v) is 6.37. The number of halogens is 5. The number of unbranched alkanes of at least 4 members (excludes halogenated alkanes) is 5. The number of hydrogen-bond donors (Lipinski definition) is 0. The molecule has 0 aliphatic heterocycles. The molecule has 0 saturated heterocycles. The van der Waals surface area contributed by atoms with Crippen molar-refractivity contribution in [3.8, 4) is 0 Å². The molecule has 144 valence electrons. The summed E-state index contributed by atoms with van der Waals surface area (Å²) >= 11 is -0.00814. The summed E-state index contributed by atoms with van der Waals surface area (Å²) in [5, 5.41) is 0. The van der Waals surface area contributed by atoms with Crippen molar-refractivity contribution in [3.63, 3.8) is 0 Å². The van der Waals surface area contributed by atoms with Crippen LogP contribution in [0.3, 0.4) is 0 Å². The molecular formula is C20H26BF4I. The zero-order valence-electron chi connectivity index (χ0n) is 15.1. The van der Waals surface area contributed by atoms with Gasteiger partial charge in [0.05, 0.1) is 0 Å². The van der Waals surface area contributed by atoms with Gasteiger partial charge in [0, 0.05) is 0 Å². The first-order valence-electron chi connectivity index (χ1n) is 9.04. The minimum absolute atomic E-state index is 0.00814. The molecule has 6 heteroatoms. The zero-order valence-corrected chi connectivity index (χ0v) is 17.3. The second kappa shape index (κ2) is 13.2. The standard InChI is InChI=1S/C20H26I.BF4/c1-2-3-4-5-6-8-11-18-14-16-20(17-15-18)21-19-12-9-7-10-13-19;2-1(3,4)5/h7,9-10,12-17H,2-6,8,11H2,1H3;/q+1;-1. The predicted molar refractivity (Wildman–Crippen MR) is 97.5 cm³/mol. The van der Waals surface area contributed by atoms with Crippen LogP contribution in [-0.4, -0.2) is 7.25 Å². The summed E-state index contributed by atoms with van der Waals surface area (Å²) in [4.78, 5) is 0. The van der Waals surface area contributed by atoms with Crippen molar-refractivity contribution in [1.29, 1.82) is 0 Å². The molecule has 0 unspecified atom stereocenters. The van der Waals surface area contributed by atoms with Gasteiger partial charge in [0.1, 0.15) is 0 Å². The van der Waals surface area contributed by atoms with Crippen LogP contribution in [-0.2, 0) is 6.42 Å². The Balaban J connectivity index is 0.000000597. The van der Waals surface area contributed by atoms with Gasteiger partial charge >= 0.3 is 28.5 Å². The van der Waals surface area contributed by atoms with E-state index in [9.17, 15) is 17.3 Å². The lowest BCUT2D eigenvalue weighted by Gasteiger charge is -2.01. The molecule has 0 aromatic heterocycles. The quantitative estimate of drug-likeness (QED) is 0.220. The highest BCUT2D eigenvalue weighted by Gasteiger charge is 2.20. The summed E-state index contributed by atoms with van der Waals surface area (Å²) < 4.78 is 42.0. The predicted octanol–water partition coefficient (Wildman–Crippen LogP) is 4.02. The van der Waals surface area contributed by atoms with E-state index >= 15 is 0 Å². The first-order valence-corrected chi connectivity index (χ1v) is 11.2. The average molecular weight is 480 g/mol. The molecule has 0 aliphatic carbocycles. The van der Waals surface area contributed by atoms with E-state index in [0.29, 0.717) is 0 Å². The largest absolute Gasteiger partial charge is 0.673 e. The molecule has 0 fully saturated rings. The van der Waals surface area contributed by atoms with Gasteiger partial charge in [-0.1, -0.05) is 69.4 Å². The highest BCUT2D eigenvalue weighted by Crippen LogP contribution is 2.09. The number of benzene rings is 2. The Hall–Kier alpha value is -1.05. The molecule has 0 atom stereocenters. The zero-order chi connectivity index (χ0) is 19.3. The lowest BCUT2D eigenvalue weighted by Crippen LogP contribution is -3.61. The van der Waals surface area contributed by atoms with Gasteiger partial charge < -0.3 is 17.3 Å². The summed E-state index contributed by atoms with van der Waals surface area (Å²) in [6.45, 7) is 2.28. The maximum atomic E-state index is 9.75. The van der Waals surface area contributed by atoms with E-state index in [1.165, 1.54) is 57.6 Å². The molecule has 2 aromatic carbocycles. The van der Waals surface area contributed by atoms with Crippen LogP contribution in [0.2, 0.25) is 0 Å². The topological polar surface area (TPSA) is 0 Å². The fraction of sp³-hybridized carbons (Fsp3) is 0.400. The van der Waals surface area contributed by atoms with Gasteiger partial charge in [-0.3, -0.25) is 0 Å². The maximum Gasteiger partial charge on any atom is 0.673 e. The number of rotatable bonds is 9. The molecule has 0 aliphatic rings. The highest BCUT2D eigenvalue weighted by molar-refractivity contribution is 6.50. The monoisotopic (exact) mass is 480 g/mol. The third kappa shape index (κ3) is 13.2. The Kier molecular flexibility index (Phi) is 11.7. The third-order valence-electron chi connectivity index (χ3n) is 3.68. The summed E-state index contributed by atoms with van der Waals surface area (Å²) in [7, 11) is -6.00. The van der Waals surface area contributed by atoms with E-state index in [4.69, 9.17) is 0 Å². The fourth-order valence-corrected chi connectivity index (χ4v) is 4.64. The van der Waals surface area contributed by atoms with Gasteiger partial charge in [0.2, 0.25) is 0 Å². The first kappa shape index (κ1) is 23.0. The molecule has 0 heterocycles. The Morgan fingerprint density at radius 1 is 0.692 bits per heavy atom. The van der Waals surface area contributed by atoms with Crippen LogP contribution >= 0.6 is 0 Å². The second-order valence-corrected chi connectivity index (χ2v) is 9.06. The Bertz CT molecular complexity index is 579. The molecule has 26 heavy (non-hydrogen) atoms. The minimum atomic E-state index is -6.00. The molecule has 2 aromatic rings. The summed E-state index contributed by atoms with van der Waals surface area (Å²) in [5.74, 6) is 0. The van der Waals surface area contributed by atoms with Crippen molar-refractivity contribution in [2.45, 2.75) is 51.9 Å². The van der Waals surface area contributed by atoms with Crippen molar-refractivity contribution < 1.29 is 38.5 Å². The SMILES string of the molecule is CCCCCCCCc1ccc([I+]c2ccccc2)cc1.F[B-](F)(F)F. The molecule has 0 saturated carbocycles. The maximum absolute atomic E-state index is 9.75. The Morgan fingerprint density at radius 3 is 1.77 bits per heavy atom. The van der Waals surface area contributed by atoms with Gasteiger partial charge in [0.15, 0.2) is 7.14 Å². The van der Waals surface area contributed by atoms with Crippen molar-refractivity contribution in [1.82, 2.24) is 0 Å². The molecule has 0 bridgehead atoms. The fourth-order valence-electron chi connectivity index (χ4n) is 2.43. The van der Waals surface area contributed by atoms with E-state index in [2.05, 4.69) is 61.5 Å². The lowest BCUT2D eigenvalue weighted by molar-refractivity contribution is -0.597. The molecule has 2 rings (SSSR count). The van der Waals surface area contributed by atoms with Crippen molar-refractivity contribution in [3.05, 3.63) is 67.3 Å². The van der Waals surface area contributed by atoms with Crippen molar-refractivity contribution in [2.75, 3.05) is 0 Å². The number of aryl methyl sites for hydroxylation is 1. The normalized spacial score (nSPS) is 11.0. The molecule has 0 amide bonds. The van der Waals surface area contributed by atoms with Crippen LogP contribution in [0.1, 0.15) is 51.0 Å². The van der Waals surface area contributed by atoms with Crippen LogP contribution in [0, 0.1) is 7.14 Å². The minimum Gasteiger partial charge on any atom is -0.418 e.